The maximum absolute atomic E-state index is 12.3. The van der Waals surface area contributed by atoms with Gasteiger partial charge in [0.1, 0.15) is 0 Å². The van der Waals surface area contributed by atoms with E-state index in [2.05, 4.69) is 20.8 Å². The number of ether oxygens (including phenoxy) is 1. The van der Waals surface area contributed by atoms with Crippen molar-refractivity contribution in [1.82, 2.24) is 10.2 Å². The molecule has 0 saturated heterocycles. The Bertz CT molecular complexity index is 1080. The molecule has 3 aromatic rings. The predicted octanol–water partition coefficient (Wildman–Crippen LogP) is 3.21. The zero-order chi connectivity index (χ0) is 21.5. The Kier molecular flexibility index (Phi) is 6.81. The van der Waals surface area contributed by atoms with Crippen LogP contribution in [0.5, 0.6) is 0 Å². The van der Waals surface area contributed by atoms with Crippen LogP contribution in [0, 0.1) is 0 Å². The first-order valence-corrected chi connectivity index (χ1v) is 9.76. The second kappa shape index (κ2) is 9.70. The summed E-state index contributed by atoms with van der Waals surface area (Å²) in [7, 11) is 1.27. The van der Waals surface area contributed by atoms with Gasteiger partial charge in [-0.15, -0.1) is 10.2 Å². The van der Waals surface area contributed by atoms with Gasteiger partial charge in [0.25, 0.3) is 5.22 Å². The van der Waals surface area contributed by atoms with E-state index >= 15 is 0 Å². The number of hydrogen-bond donors (Lipinski definition) is 2. The van der Waals surface area contributed by atoms with Gasteiger partial charge in [-0.25, -0.2) is 4.79 Å². The average molecular weight is 426 g/mol. The minimum atomic E-state index is -0.540. The molecule has 154 valence electrons. The summed E-state index contributed by atoms with van der Waals surface area (Å²) < 4.78 is 10.3. The van der Waals surface area contributed by atoms with E-state index in [9.17, 15) is 14.4 Å². The number of aromatic nitrogens is 2. The lowest BCUT2D eigenvalue weighted by Crippen LogP contribution is -2.17. The fourth-order valence-corrected chi connectivity index (χ4v) is 3.07. The first-order valence-electron chi connectivity index (χ1n) is 8.78. The lowest BCUT2D eigenvalue weighted by Gasteiger charge is -2.08. The van der Waals surface area contributed by atoms with Gasteiger partial charge in [-0.1, -0.05) is 30.0 Å². The molecule has 0 aliphatic rings. The summed E-state index contributed by atoms with van der Waals surface area (Å²) >= 11 is 1.06. The molecule has 0 bridgehead atoms. The summed E-state index contributed by atoms with van der Waals surface area (Å²) in [5.74, 6) is -0.802. The van der Waals surface area contributed by atoms with Crippen LogP contribution < -0.4 is 10.6 Å². The molecule has 0 spiro atoms. The Hall–Kier alpha value is -3.66. The molecule has 2 aromatic carbocycles. The van der Waals surface area contributed by atoms with E-state index in [1.165, 1.54) is 14.0 Å². The van der Waals surface area contributed by atoms with Crippen molar-refractivity contribution < 1.29 is 23.5 Å². The highest BCUT2D eigenvalue weighted by Crippen LogP contribution is 2.25. The van der Waals surface area contributed by atoms with Crippen LogP contribution in [0.2, 0.25) is 0 Å². The molecule has 0 aliphatic heterocycles. The highest BCUT2D eigenvalue weighted by Gasteiger charge is 2.15. The van der Waals surface area contributed by atoms with E-state index in [-0.39, 0.29) is 34.2 Å². The fourth-order valence-electron chi connectivity index (χ4n) is 2.51. The molecule has 0 unspecified atom stereocenters. The highest BCUT2D eigenvalue weighted by atomic mass is 32.2. The van der Waals surface area contributed by atoms with Gasteiger partial charge < -0.3 is 19.8 Å². The summed E-state index contributed by atoms with van der Waals surface area (Å²) in [4.78, 5) is 35.2. The smallest absolute Gasteiger partial charge is 0.339 e. The van der Waals surface area contributed by atoms with E-state index < -0.39 is 5.97 Å². The highest BCUT2D eigenvalue weighted by molar-refractivity contribution is 7.99. The number of carbonyl (C=O) groups excluding carboxylic acids is 3. The van der Waals surface area contributed by atoms with E-state index in [4.69, 9.17) is 9.15 Å². The fraction of sp³-hybridized carbons (Fsp3) is 0.150. The van der Waals surface area contributed by atoms with Crippen molar-refractivity contribution in [3.05, 3.63) is 54.1 Å². The number of esters is 1. The molecular formula is C20H18N4O5S. The zero-order valence-corrected chi connectivity index (χ0v) is 17.0. The molecule has 1 aromatic heterocycles. The molecule has 3 rings (SSSR count). The number of anilines is 2. The minimum absolute atomic E-state index is 0.00305. The molecule has 0 aliphatic carbocycles. The number of carbonyl (C=O) groups is 3. The molecule has 9 nitrogen and oxygen atoms in total. The third-order valence-corrected chi connectivity index (χ3v) is 4.59. The minimum Gasteiger partial charge on any atom is -0.465 e. The molecule has 2 N–H and O–H groups in total. The number of nitrogens with one attached hydrogen (secondary N) is 2. The van der Waals surface area contributed by atoms with Crippen molar-refractivity contribution in [2.24, 2.45) is 0 Å². The number of amides is 2. The summed E-state index contributed by atoms with van der Waals surface area (Å²) in [6.45, 7) is 1.42. The third kappa shape index (κ3) is 5.45. The van der Waals surface area contributed by atoms with Gasteiger partial charge in [0.15, 0.2) is 0 Å². The molecule has 2 amide bonds. The summed E-state index contributed by atoms with van der Waals surface area (Å²) in [5, 5.41) is 13.5. The molecule has 0 atom stereocenters. The van der Waals surface area contributed by atoms with Crippen LogP contribution in [0.1, 0.15) is 17.3 Å². The number of rotatable bonds is 7. The normalized spacial score (nSPS) is 10.3. The quantitative estimate of drug-likeness (QED) is 0.436. The average Bonchev–Trinajstić information content (AvgIpc) is 3.21. The number of benzene rings is 2. The van der Waals surface area contributed by atoms with Gasteiger partial charge in [-0.2, -0.15) is 0 Å². The van der Waals surface area contributed by atoms with Crippen LogP contribution >= 0.6 is 11.8 Å². The van der Waals surface area contributed by atoms with E-state index in [1.54, 1.807) is 48.5 Å². The number of thioether (sulfide) groups is 1. The van der Waals surface area contributed by atoms with Crippen LogP contribution in [-0.2, 0) is 14.3 Å². The summed E-state index contributed by atoms with van der Waals surface area (Å²) in [5.41, 5.74) is 1.86. The Morgan fingerprint density at radius 1 is 1.07 bits per heavy atom. The Morgan fingerprint density at radius 3 is 2.63 bits per heavy atom. The number of methoxy groups -OCH3 is 1. The maximum Gasteiger partial charge on any atom is 0.339 e. The number of hydrogen-bond acceptors (Lipinski definition) is 8. The first kappa shape index (κ1) is 21.1. The second-order valence-electron chi connectivity index (χ2n) is 6.01. The molecular weight excluding hydrogens is 408 g/mol. The van der Waals surface area contributed by atoms with Gasteiger partial charge >= 0.3 is 5.97 Å². The number of para-hydroxylation sites is 1. The van der Waals surface area contributed by atoms with E-state index in [0.717, 1.165) is 11.8 Å². The van der Waals surface area contributed by atoms with Crippen molar-refractivity contribution in [1.29, 1.82) is 0 Å². The first-order chi connectivity index (χ1) is 14.5. The molecule has 0 saturated carbocycles. The van der Waals surface area contributed by atoms with Crippen molar-refractivity contribution >= 4 is 40.9 Å². The monoisotopic (exact) mass is 426 g/mol. The lowest BCUT2D eigenvalue weighted by molar-refractivity contribution is -0.114. The van der Waals surface area contributed by atoms with Gasteiger partial charge in [0.2, 0.25) is 17.7 Å². The standard InChI is InChI=1S/C20H18N4O5S/c1-12(25)21-14-7-5-6-13(10-14)18-23-24-20(29-18)30-11-17(26)22-16-9-4-3-8-15(16)19(27)28-2/h3-10H,11H2,1-2H3,(H,21,25)(H,22,26). The summed E-state index contributed by atoms with van der Waals surface area (Å²) in [6.07, 6.45) is 0. The maximum atomic E-state index is 12.3. The third-order valence-electron chi connectivity index (χ3n) is 3.77. The Morgan fingerprint density at radius 2 is 1.87 bits per heavy atom. The lowest BCUT2D eigenvalue weighted by atomic mass is 10.2. The zero-order valence-electron chi connectivity index (χ0n) is 16.2. The van der Waals surface area contributed by atoms with Crippen molar-refractivity contribution in [3.63, 3.8) is 0 Å². The second-order valence-corrected chi connectivity index (χ2v) is 6.94. The summed E-state index contributed by atoms with van der Waals surface area (Å²) in [6, 6.07) is 13.5. The topological polar surface area (TPSA) is 123 Å². The largest absolute Gasteiger partial charge is 0.465 e. The Labute approximate surface area is 176 Å². The van der Waals surface area contributed by atoms with Crippen molar-refractivity contribution in [3.8, 4) is 11.5 Å². The van der Waals surface area contributed by atoms with Gasteiger partial charge in [0, 0.05) is 18.2 Å². The van der Waals surface area contributed by atoms with E-state index in [1.807, 2.05) is 0 Å². The predicted molar refractivity (Wildman–Crippen MR) is 111 cm³/mol. The number of nitrogens with zero attached hydrogens (tertiary/aromatic N) is 2. The molecule has 0 radical (unpaired) electrons. The van der Waals surface area contributed by atoms with Crippen LogP contribution in [0.3, 0.4) is 0 Å². The van der Waals surface area contributed by atoms with E-state index in [0.29, 0.717) is 16.9 Å². The molecule has 1 heterocycles. The van der Waals surface area contributed by atoms with Gasteiger partial charge in [0.05, 0.1) is 24.1 Å². The SMILES string of the molecule is COC(=O)c1ccccc1NC(=O)CSc1nnc(-c2cccc(NC(C)=O)c2)o1. The van der Waals surface area contributed by atoms with Crippen molar-refractivity contribution in [2.45, 2.75) is 12.1 Å². The van der Waals surface area contributed by atoms with Gasteiger partial charge in [-0.05, 0) is 30.3 Å². The van der Waals surface area contributed by atoms with Crippen LogP contribution in [0.4, 0.5) is 11.4 Å². The van der Waals surface area contributed by atoms with Crippen LogP contribution in [0.25, 0.3) is 11.5 Å². The Balaban J connectivity index is 1.62. The van der Waals surface area contributed by atoms with Crippen LogP contribution in [0.15, 0.2) is 58.2 Å². The molecule has 30 heavy (non-hydrogen) atoms. The van der Waals surface area contributed by atoms with Crippen molar-refractivity contribution in [2.75, 3.05) is 23.5 Å². The van der Waals surface area contributed by atoms with Crippen LogP contribution in [-0.4, -0.2) is 40.8 Å². The molecule has 10 heteroatoms. The molecule has 0 fully saturated rings. The van der Waals surface area contributed by atoms with Gasteiger partial charge in [-0.3, -0.25) is 9.59 Å².